The first kappa shape index (κ1) is 22.0. The molecule has 0 aliphatic carbocycles. The summed E-state index contributed by atoms with van der Waals surface area (Å²) >= 11 is 0. The number of aliphatic hydroxyl groups excluding tert-OH is 1. The molecule has 2 aromatic rings. The second-order valence-electron chi connectivity index (χ2n) is 5.83. The molecule has 1 atom stereocenters. The lowest BCUT2D eigenvalue weighted by Gasteiger charge is -2.12. The molecule has 0 spiro atoms. The van der Waals surface area contributed by atoms with E-state index in [0.717, 1.165) is 22.7 Å². The molecule has 0 bridgehead atoms. The van der Waals surface area contributed by atoms with Crippen molar-refractivity contribution < 1.29 is 14.6 Å². The van der Waals surface area contributed by atoms with Gasteiger partial charge in [-0.1, -0.05) is 12.1 Å². The minimum atomic E-state index is -0.729. The van der Waals surface area contributed by atoms with Crippen molar-refractivity contribution in [3.8, 4) is 11.5 Å². The monoisotopic (exact) mass is 471 g/mol. The zero-order valence-electron chi connectivity index (χ0n) is 15.2. The van der Waals surface area contributed by atoms with Gasteiger partial charge in [-0.25, -0.2) is 0 Å². The Hall–Kier alpha value is -2.00. The lowest BCUT2D eigenvalue weighted by atomic mass is 10.1. The van der Waals surface area contributed by atoms with Gasteiger partial charge in [-0.15, -0.1) is 24.0 Å². The van der Waals surface area contributed by atoms with Crippen molar-refractivity contribution in [3.63, 3.8) is 0 Å². The van der Waals surface area contributed by atoms with Gasteiger partial charge >= 0.3 is 0 Å². The molecule has 2 aromatic carbocycles. The van der Waals surface area contributed by atoms with Crippen LogP contribution in [0.15, 0.2) is 53.5 Å². The fourth-order valence-corrected chi connectivity index (χ4v) is 2.19. The Balaban J connectivity index is 0.00000338. The molecule has 1 unspecified atom stereocenters. The standard InChI is InChI=1S/C19H25N3O3.HI/c1-13(2)25-17-10-6-15(7-11-17)22-19(20)21-12-18(23)14-4-8-16(24-3)9-5-14;/h4-11,13,18,23H,12H2,1-3H3,(H3,20,21,22);1H. The number of hydrogen-bond donors (Lipinski definition) is 3. The van der Waals surface area contributed by atoms with E-state index >= 15 is 0 Å². The summed E-state index contributed by atoms with van der Waals surface area (Å²) in [5, 5.41) is 13.2. The first-order valence-electron chi connectivity index (χ1n) is 8.13. The average Bonchev–Trinajstić information content (AvgIpc) is 2.61. The molecule has 2 rings (SSSR count). The predicted molar refractivity (Wildman–Crippen MR) is 116 cm³/mol. The number of nitrogens with two attached hydrogens (primary N) is 1. The van der Waals surface area contributed by atoms with Crippen LogP contribution in [-0.2, 0) is 0 Å². The molecule has 0 aliphatic rings. The van der Waals surface area contributed by atoms with Gasteiger partial charge in [0, 0.05) is 5.69 Å². The smallest absolute Gasteiger partial charge is 0.193 e. The number of ether oxygens (including phenoxy) is 2. The summed E-state index contributed by atoms with van der Waals surface area (Å²) in [7, 11) is 1.60. The number of halogens is 1. The summed E-state index contributed by atoms with van der Waals surface area (Å²) in [6.07, 6.45) is -0.599. The number of guanidine groups is 1. The number of aliphatic imine (C=N–C) groups is 1. The number of nitrogens with zero attached hydrogens (tertiary/aromatic N) is 1. The largest absolute Gasteiger partial charge is 0.497 e. The topological polar surface area (TPSA) is 89.1 Å². The number of aliphatic hydroxyl groups is 1. The zero-order valence-corrected chi connectivity index (χ0v) is 17.5. The molecule has 7 heteroatoms. The van der Waals surface area contributed by atoms with Crippen LogP contribution in [0.5, 0.6) is 11.5 Å². The Kier molecular flexibility index (Phi) is 9.22. The SMILES string of the molecule is COc1ccc(C(O)CN=C(N)Nc2ccc(OC(C)C)cc2)cc1.I. The van der Waals surface area contributed by atoms with Crippen LogP contribution in [0.1, 0.15) is 25.5 Å². The van der Waals surface area contributed by atoms with E-state index in [0.29, 0.717) is 0 Å². The van der Waals surface area contributed by atoms with Gasteiger partial charge in [0.15, 0.2) is 5.96 Å². The van der Waals surface area contributed by atoms with E-state index in [-0.39, 0.29) is 42.6 Å². The van der Waals surface area contributed by atoms with Gasteiger partial charge in [-0.3, -0.25) is 4.99 Å². The Bertz CT molecular complexity index is 688. The molecule has 0 radical (unpaired) electrons. The van der Waals surface area contributed by atoms with Crippen molar-refractivity contribution in [2.75, 3.05) is 19.0 Å². The molecule has 4 N–H and O–H groups in total. The van der Waals surface area contributed by atoms with Crippen LogP contribution >= 0.6 is 24.0 Å². The molecule has 0 aliphatic heterocycles. The predicted octanol–water partition coefficient (Wildman–Crippen LogP) is 3.56. The molecule has 0 saturated heterocycles. The molecule has 0 amide bonds. The maximum atomic E-state index is 10.2. The molecule has 6 nitrogen and oxygen atoms in total. The van der Waals surface area contributed by atoms with E-state index in [1.165, 1.54) is 0 Å². The van der Waals surface area contributed by atoms with E-state index in [4.69, 9.17) is 15.2 Å². The highest BCUT2D eigenvalue weighted by Gasteiger charge is 2.07. The van der Waals surface area contributed by atoms with Crippen molar-refractivity contribution in [1.82, 2.24) is 0 Å². The van der Waals surface area contributed by atoms with Crippen LogP contribution < -0.4 is 20.5 Å². The zero-order chi connectivity index (χ0) is 18.2. The van der Waals surface area contributed by atoms with Gasteiger partial charge in [-0.2, -0.15) is 0 Å². The minimum absolute atomic E-state index is 0. The molecule has 26 heavy (non-hydrogen) atoms. The normalized spacial score (nSPS) is 12.3. The molecule has 0 heterocycles. The number of benzene rings is 2. The van der Waals surface area contributed by atoms with Gasteiger partial charge < -0.3 is 25.6 Å². The third kappa shape index (κ3) is 7.09. The Labute approximate surface area is 171 Å². The van der Waals surface area contributed by atoms with Crippen molar-refractivity contribution in [2.24, 2.45) is 10.7 Å². The summed E-state index contributed by atoms with van der Waals surface area (Å²) in [5.41, 5.74) is 7.43. The molecular formula is C19H26IN3O3. The molecule has 0 aromatic heterocycles. The van der Waals surface area contributed by atoms with Crippen LogP contribution in [0.2, 0.25) is 0 Å². The fraction of sp³-hybridized carbons (Fsp3) is 0.316. The van der Waals surface area contributed by atoms with Gasteiger partial charge in [0.25, 0.3) is 0 Å². The Morgan fingerprint density at radius 1 is 1.08 bits per heavy atom. The van der Waals surface area contributed by atoms with Gasteiger partial charge in [-0.05, 0) is 55.8 Å². The van der Waals surface area contributed by atoms with E-state index < -0.39 is 6.10 Å². The van der Waals surface area contributed by atoms with E-state index in [1.807, 2.05) is 38.1 Å². The van der Waals surface area contributed by atoms with Gasteiger partial charge in [0.05, 0.1) is 25.9 Å². The lowest BCUT2D eigenvalue weighted by Crippen LogP contribution is -2.23. The van der Waals surface area contributed by atoms with Crippen molar-refractivity contribution >= 4 is 35.6 Å². The summed E-state index contributed by atoms with van der Waals surface area (Å²) in [5.74, 6) is 1.78. The summed E-state index contributed by atoms with van der Waals surface area (Å²) in [4.78, 5) is 4.18. The first-order chi connectivity index (χ1) is 12.0. The minimum Gasteiger partial charge on any atom is -0.497 e. The summed E-state index contributed by atoms with van der Waals surface area (Å²) in [6, 6.07) is 14.6. The Morgan fingerprint density at radius 3 is 2.19 bits per heavy atom. The maximum Gasteiger partial charge on any atom is 0.193 e. The van der Waals surface area contributed by atoms with E-state index in [2.05, 4.69) is 10.3 Å². The number of hydrogen-bond acceptors (Lipinski definition) is 4. The second-order valence-corrected chi connectivity index (χ2v) is 5.83. The number of anilines is 1. The number of methoxy groups -OCH3 is 1. The molecule has 0 saturated carbocycles. The lowest BCUT2D eigenvalue weighted by molar-refractivity contribution is 0.187. The summed E-state index contributed by atoms with van der Waals surface area (Å²) < 4.78 is 10.7. The summed E-state index contributed by atoms with van der Waals surface area (Å²) in [6.45, 7) is 4.12. The van der Waals surface area contributed by atoms with Gasteiger partial charge in [0.2, 0.25) is 0 Å². The quantitative estimate of drug-likeness (QED) is 0.327. The van der Waals surface area contributed by atoms with E-state index in [9.17, 15) is 5.11 Å². The highest BCUT2D eigenvalue weighted by molar-refractivity contribution is 14.0. The molecule has 142 valence electrons. The van der Waals surface area contributed by atoms with Crippen molar-refractivity contribution in [3.05, 3.63) is 54.1 Å². The highest BCUT2D eigenvalue weighted by Crippen LogP contribution is 2.18. The average molecular weight is 471 g/mol. The first-order valence-corrected chi connectivity index (χ1v) is 8.13. The fourth-order valence-electron chi connectivity index (χ4n) is 2.19. The third-order valence-electron chi connectivity index (χ3n) is 3.43. The van der Waals surface area contributed by atoms with Crippen LogP contribution in [-0.4, -0.2) is 30.8 Å². The molecular weight excluding hydrogens is 445 g/mol. The molecule has 0 fully saturated rings. The second kappa shape index (κ2) is 10.9. The Morgan fingerprint density at radius 2 is 1.65 bits per heavy atom. The number of nitrogens with one attached hydrogen (secondary N) is 1. The van der Waals surface area contributed by atoms with Crippen LogP contribution in [0.3, 0.4) is 0 Å². The van der Waals surface area contributed by atoms with Crippen LogP contribution in [0.4, 0.5) is 5.69 Å². The highest BCUT2D eigenvalue weighted by atomic mass is 127. The van der Waals surface area contributed by atoms with Crippen molar-refractivity contribution in [2.45, 2.75) is 26.1 Å². The van der Waals surface area contributed by atoms with Gasteiger partial charge in [0.1, 0.15) is 11.5 Å². The third-order valence-corrected chi connectivity index (χ3v) is 3.43. The van der Waals surface area contributed by atoms with Crippen LogP contribution in [0.25, 0.3) is 0 Å². The van der Waals surface area contributed by atoms with Crippen molar-refractivity contribution in [1.29, 1.82) is 0 Å². The van der Waals surface area contributed by atoms with Crippen LogP contribution in [0, 0.1) is 0 Å². The maximum absolute atomic E-state index is 10.2. The number of rotatable bonds is 7. The van der Waals surface area contributed by atoms with E-state index in [1.54, 1.807) is 31.4 Å².